The van der Waals surface area contributed by atoms with E-state index < -0.39 is 0 Å². The predicted octanol–water partition coefficient (Wildman–Crippen LogP) is 3.63. The molecule has 0 aromatic heterocycles. The van der Waals surface area contributed by atoms with Crippen molar-refractivity contribution in [1.29, 1.82) is 0 Å². The number of benzene rings is 2. The number of piperidine rings is 1. The van der Waals surface area contributed by atoms with Crippen LogP contribution < -0.4 is 10.5 Å². The first-order valence-corrected chi connectivity index (χ1v) is 9.83. The van der Waals surface area contributed by atoms with Crippen molar-refractivity contribution in [2.45, 2.75) is 45.2 Å². The van der Waals surface area contributed by atoms with E-state index >= 15 is 0 Å². The molecule has 1 aliphatic rings. The summed E-state index contributed by atoms with van der Waals surface area (Å²) in [6.45, 7) is 5.85. The topological polar surface area (TPSA) is 55.6 Å². The molecule has 1 unspecified atom stereocenters. The van der Waals surface area contributed by atoms with Crippen molar-refractivity contribution < 1.29 is 9.53 Å². The average molecular weight is 367 g/mol. The molecule has 0 bridgehead atoms. The Morgan fingerprint density at radius 3 is 2.19 bits per heavy atom. The maximum Gasteiger partial charge on any atom is 0.220 e. The third-order valence-electron chi connectivity index (χ3n) is 5.58. The van der Waals surface area contributed by atoms with Gasteiger partial charge in [-0.25, -0.2) is 0 Å². The second kappa shape index (κ2) is 9.05. The van der Waals surface area contributed by atoms with Crippen LogP contribution in [0.15, 0.2) is 54.6 Å². The number of carbonyl (C=O) groups is 1. The molecule has 0 radical (unpaired) electrons. The quantitative estimate of drug-likeness (QED) is 0.814. The number of nitrogens with zero attached hydrogens (tertiary/aromatic N) is 1. The van der Waals surface area contributed by atoms with Gasteiger partial charge in [0.05, 0.1) is 0 Å². The highest BCUT2D eigenvalue weighted by atomic mass is 16.5. The number of carbonyl (C=O) groups excluding carboxylic acids is 1. The van der Waals surface area contributed by atoms with Crippen molar-refractivity contribution in [3.05, 3.63) is 65.7 Å². The molecular weight excluding hydrogens is 336 g/mol. The Morgan fingerprint density at radius 2 is 1.59 bits per heavy atom. The number of nitrogens with two attached hydrogens (primary N) is 1. The maximum absolute atomic E-state index is 11.5. The van der Waals surface area contributed by atoms with Crippen molar-refractivity contribution in [2.75, 3.05) is 13.2 Å². The maximum atomic E-state index is 11.5. The Kier molecular flexibility index (Phi) is 6.51. The minimum Gasteiger partial charge on any atom is -0.492 e. The van der Waals surface area contributed by atoms with Gasteiger partial charge in [0.1, 0.15) is 12.4 Å². The number of ether oxygens (including phenoxy) is 1. The van der Waals surface area contributed by atoms with E-state index in [2.05, 4.69) is 55.1 Å². The fraction of sp³-hybridized carbons (Fsp3) is 0.435. The number of rotatable bonds is 7. The van der Waals surface area contributed by atoms with Crippen molar-refractivity contribution in [3.8, 4) is 5.75 Å². The van der Waals surface area contributed by atoms with Gasteiger partial charge in [0, 0.05) is 24.5 Å². The zero-order valence-electron chi connectivity index (χ0n) is 16.3. The monoisotopic (exact) mass is 366 g/mol. The number of hydrogen-bond donors (Lipinski definition) is 1. The van der Waals surface area contributed by atoms with Crippen LogP contribution in [0.25, 0.3) is 0 Å². The zero-order valence-corrected chi connectivity index (χ0v) is 16.3. The van der Waals surface area contributed by atoms with Crippen LogP contribution in [0.5, 0.6) is 5.75 Å². The molecule has 144 valence electrons. The van der Waals surface area contributed by atoms with Gasteiger partial charge in [-0.3, -0.25) is 9.69 Å². The second-order valence-corrected chi connectivity index (χ2v) is 7.66. The largest absolute Gasteiger partial charge is 0.492 e. The van der Waals surface area contributed by atoms with Gasteiger partial charge in [-0.05, 0) is 56.4 Å². The molecule has 2 aromatic carbocycles. The van der Waals surface area contributed by atoms with Crippen LogP contribution in [0.1, 0.15) is 37.8 Å². The summed E-state index contributed by atoms with van der Waals surface area (Å²) >= 11 is 0. The summed E-state index contributed by atoms with van der Waals surface area (Å²) < 4.78 is 5.95. The molecule has 1 heterocycles. The predicted molar refractivity (Wildman–Crippen MR) is 109 cm³/mol. The van der Waals surface area contributed by atoms with Crippen LogP contribution in [0.4, 0.5) is 0 Å². The molecule has 0 aliphatic carbocycles. The first-order chi connectivity index (χ1) is 13.0. The Morgan fingerprint density at radius 1 is 1.00 bits per heavy atom. The summed E-state index contributed by atoms with van der Waals surface area (Å²) in [6.07, 6.45) is 2.62. The van der Waals surface area contributed by atoms with Crippen molar-refractivity contribution in [1.82, 2.24) is 4.90 Å². The minimum absolute atomic E-state index is 0.00401. The number of likely N-dealkylation sites (tertiary alicyclic amines) is 1. The van der Waals surface area contributed by atoms with E-state index in [9.17, 15) is 4.79 Å². The molecular formula is C23H30N2O2. The van der Waals surface area contributed by atoms with Gasteiger partial charge in [-0.1, -0.05) is 42.5 Å². The van der Waals surface area contributed by atoms with Crippen molar-refractivity contribution >= 4 is 5.91 Å². The molecule has 1 saturated heterocycles. The molecule has 1 aliphatic heterocycles. The molecule has 27 heavy (non-hydrogen) atoms. The van der Waals surface area contributed by atoms with Gasteiger partial charge in [0.25, 0.3) is 0 Å². The highest BCUT2D eigenvalue weighted by molar-refractivity contribution is 5.76. The fourth-order valence-corrected chi connectivity index (χ4v) is 4.10. The Labute approximate surface area is 162 Å². The van der Waals surface area contributed by atoms with E-state index in [1.807, 2.05) is 18.2 Å². The molecule has 3 rings (SSSR count). The lowest BCUT2D eigenvalue weighted by Crippen LogP contribution is -2.50. The lowest BCUT2D eigenvalue weighted by Gasteiger charge is -2.41. The molecule has 2 aromatic rings. The summed E-state index contributed by atoms with van der Waals surface area (Å²) in [4.78, 5) is 13.9. The van der Waals surface area contributed by atoms with E-state index in [1.54, 1.807) is 0 Å². The first kappa shape index (κ1) is 19.4. The van der Waals surface area contributed by atoms with Gasteiger partial charge < -0.3 is 10.5 Å². The van der Waals surface area contributed by atoms with Gasteiger partial charge in [0.15, 0.2) is 0 Å². The fourth-order valence-electron chi connectivity index (χ4n) is 4.10. The summed E-state index contributed by atoms with van der Waals surface area (Å²) in [6, 6.07) is 19.5. The van der Waals surface area contributed by atoms with Crippen LogP contribution in [0.2, 0.25) is 0 Å². The van der Waals surface area contributed by atoms with E-state index in [-0.39, 0.29) is 11.8 Å². The van der Waals surface area contributed by atoms with Crippen LogP contribution in [0, 0.1) is 5.92 Å². The van der Waals surface area contributed by atoms with E-state index in [0.717, 1.165) is 31.6 Å². The SMILES string of the molecule is C[C@@H]1CC(C(N)=O)C[C@H](C)N1CCOc1ccc(Cc2ccccc2)cc1. The summed E-state index contributed by atoms with van der Waals surface area (Å²) in [7, 11) is 0. The Hall–Kier alpha value is -2.33. The summed E-state index contributed by atoms with van der Waals surface area (Å²) in [5, 5.41) is 0. The molecule has 0 saturated carbocycles. The van der Waals surface area contributed by atoms with Crippen LogP contribution in [-0.2, 0) is 11.2 Å². The smallest absolute Gasteiger partial charge is 0.220 e. The zero-order chi connectivity index (χ0) is 19.2. The third kappa shape index (κ3) is 5.33. The van der Waals surface area contributed by atoms with E-state index in [4.69, 9.17) is 10.5 Å². The highest BCUT2D eigenvalue weighted by Crippen LogP contribution is 2.27. The lowest BCUT2D eigenvalue weighted by atomic mass is 9.87. The minimum atomic E-state index is -0.166. The molecule has 2 N–H and O–H groups in total. The van der Waals surface area contributed by atoms with Gasteiger partial charge in [0.2, 0.25) is 5.91 Å². The van der Waals surface area contributed by atoms with Crippen LogP contribution in [-0.4, -0.2) is 36.0 Å². The third-order valence-corrected chi connectivity index (χ3v) is 5.58. The molecule has 1 amide bonds. The first-order valence-electron chi connectivity index (χ1n) is 9.83. The molecule has 0 spiro atoms. The van der Waals surface area contributed by atoms with Crippen LogP contribution >= 0.6 is 0 Å². The van der Waals surface area contributed by atoms with E-state index in [0.29, 0.717) is 18.7 Å². The molecule has 4 nitrogen and oxygen atoms in total. The lowest BCUT2D eigenvalue weighted by molar-refractivity contribution is -0.124. The normalized spacial score (nSPS) is 23.1. The highest BCUT2D eigenvalue weighted by Gasteiger charge is 2.33. The number of primary amides is 1. The molecule has 3 atom stereocenters. The summed E-state index contributed by atoms with van der Waals surface area (Å²) in [5.74, 6) is 0.739. The second-order valence-electron chi connectivity index (χ2n) is 7.66. The van der Waals surface area contributed by atoms with Gasteiger partial charge in [-0.2, -0.15) is 0 Å². The molecule has 1 fully saturated rings. The van der Waals surface area contributed by atoms with Crippen LogP contribution in [0.3, 0.4) is 0 Å². The Balaban J connectivity index is 1.47. The van der Waals surface area contributed by atoms with Crippen molar-refractivity contribution in [3.63, 3.8) is 0 Å². The van der Waals surface area contributed by atoms with Gasteiger partial charge in [-0.15, -0.1) is 0 Å². The number of amides is 1. The summed E-state index contributed by atoms with van der Waals surface area (Å²) in [5.41, 5.74) is 8.09. The average Bonchev–Trinajstić information content (AvgIpc) is 2.66. The number of hydrogen-bond acceptors (Lipinski definition) is 3. The standard InChI is InChI=1S/C23H30N2O2/c1-17-14-21(23(24)26)15-18(2)25(17)12-13-27-22-10-8-20(9-11-22)16-19-6-4-3-5-7-19/h3-11,17-18,21H,12-16H2,1-2H3,(H2,24,26)/t17-,18+,21?. The Bertz CT molecular complexity index is 718. The van der Waals surface area contributed by atoms with Gasteiger partial charge >= 0.3 is 0 Å². The van der Waals surface area contributed by atoms with Crippen molar-refractivity contribution in [2.24, 2.45) is 11.7 Å². The van der Waals surface area contributed by atoms with E-state index in [1.165, 1.54) is 11.1 Å². The molecule has 4 heteroatoms.